The number of non-ortho nitro benzene ring substituents is 1. The minimum Gasteiger partial charge on any atom is -0.258 e. The summed E-state index contributed by atoms with van der Waals surface area (Å²) in [5.41, 5.74) is -1.86. The maximum absolute atomic E-state index is 10.4. The third-order valence-corrected chi connectivity index (χ3v) is 1.91. The van der Waals surface area contributed by atoms with E-state index in [-0.39, 0.29) is 0 Å². The van der Waals surface area contributed by atoms with Gasteiger partial charge in [0.2, 0.25) is 0 Å². The SMILES string of the molecule is O=Nc1cc([N+](=O)[O-])cc([N+](=O)[O-])c1Cl. The molecular formula is C6H2ClN3O5. The van der Waals surface area contributed by atoms with Crippen LogP contribution in [0.3, 0.4) is 0 Å². The Hall–Kier alpha value is -2.09. The highest BCUT2D eigenvalue weighted by molar-refractivity contribution is 6.35. The van der Waals surface area contributed by atoms with E-state index in [4.69, 9.17) is 11.6 Å². The molecule has 8 nitrogen and oxygen atoms in total. The fourth-order valence-corrected chi connectivity index (χ4v) is 1.10. The molecule has 0 saturated carbocycles. The second-order valence-corrected chi connectivity index (χ2v) is 2.78. The monoisotopic (exact) mass is 231 g/mol. The fourth-order valence-electron chi connectivity index (χ4n) is 0.884. The first kappa shape index (κ1) is 11.0. The number of nitro benzene ring substituents is 2. The van der Waals surface area contributed by atoms with E-state index in [1.807, 2.05) is 0 Å². The van der Waals surface area contributed by atoms with E-state index in [0.717, 1.165) is 6.07 Å². The standard InChI is InChI=1S/C6H2ClN3O5/c7-6-4(8-11)1-3(9(12)13)2-5(6)10(14)15/h1-2H. The van der Waals surface area contributed by atoms with Crippen LogP contribution in [0.5, 0.6) is 0 Å². The number of halogens is 1. The minimum atomic E-state index is -0.927. The Labute approximate surface area is 86.7 Å². The van der Waals surface area contributed by atoms with E-state index >= 15 is 0 Å². The molecule has 0 aliphatic carbocycles. The topological polar surface area (TPSA) is 116 Å². The van der Waals surface area contributed by atoms with Crippen molar-refractivity contribution in [2.75, 3.05) is 0 Å². The van der Waals surface area contributed by atoms with Crippen LogP contribution in [0, 0.1) is 25.1 Å². The van der Waals surface area contributed by atoms with E-state index in [1.165, 1.54) is 0 Å². The Bertz CT molecular complexity index is 460. The van der Waals surface area contributed by atoms with Crippen LogP contribution in [-0.4, -0.2) is 9.85 Å². The Kier molecular flexibility index (Phi) is 2.90. The molecule has 0 fully saturated rings. The van der Waals surface area contributed by atoms with Crippen LogP contribution in [0.2, 0.25) is 5.02 Å². The third kappa shape index (κ3) is 2.05. The van der Waals surface area contributed by atoms with Crippen molar-refractivity contribution < 1.29 is 9.85 Å². The Balaban J connectivity index is 3.51. The number of hydrogen-bond donors (Lipinski definition) is 0. The normalized spacial score (nSPS) is 9.67. The summed E-state index contributed by atoms with van der Waals surface area (Å²) in [7, 11) is 0. The van der Waals surface area contributed by atoms with Crippen molar-refractivity contribution in [3.8, 4) is 0 Å². The maximum Gasteiger partial charge on any atom is 0.297 e. The van der Waals surface area contributed by atoms with Gasteiger partial charge in [0, 0.05) is 6.07 Å². The average molecular weight is 232 g/mol. The fraction of sp³-hybridized carbons (Fsp3) is 0. The number of nitroso groups, excluding NO2 is 1. The zero-order valence-corrected chi connectivity index (χ0v) is 7.67. The van der Waals surface area contributed by atoms with Crippen LogP contribution in [0.25, 0.3) is 0 Å². The number of benzene rings is 1. The van der Waals surface area contributed by atoms with Gasteiger partial charge in [0.15, 0.2) is 0 Å². The first-order valence-corrected chi connectivity index (χ1v) is 3.81. The lowest BCUT2D eigenvalue weighted by Gasteiger charge is -1.97. The highest BCUT2D eigenvalue weighted by Gasteiger charge is 2.23. The summed E-state index contributed by atoms with van der Waals surface area (Å²) < 4.78 is 0. The van der Waals surface area contributed by atoms with Gasteiger partial charge in [-0.2, -0.15) is 0 Å². The number of nitrogens with zero attached hydrogens (tertiary/aromatic N) is 3. The van der Waals surface area contributed by atoms with Gasteiger partial charge < -0.3 is 0 Å². The van der Waals surface area contributed by atoms with Gasteiger partial charge in [-0.1, -0.05) is 11.6 Å². The molecule has 0 aromatic heterocycles. The summed E-state index contributed by atoms with van der Waals surface area (Å²) in [4.78, 5) is 29.2. The van der Waals surface area contributed by atoms with E-state index < -0.39 is 31.9 Å². The summed E-state index contributed by atoms with van der Waals surface area (Å²) >= 11 is 5.42. The molecule has 78 valence electrons. The van der Waals surface area contributed by atoms with E-state index in [0.29, 0.717) is 6.07 Å². The molecule has 9 heteroatoms. The minimum absolute atomic E-state index is 0.513. The zero-order chi connectivity index (χ0) is 11.6. The second-order valence-electron chi connectivity index (χ2n) is 2.40. The van der Waals surface area contributed by atoms with Gasteiger partial charge in [-0.3, -0.25) is 20.2 Å². The molecular weight excluding hydrogens is 230 g/mol. The van der Waals surface area contributed by atoms with Gasteiger partial charge in [0.1, 0.15) is 10.7 Å². The van der Waals surface area contributed by atoms with Crippen LogP contribution in [0.15, 0.2) is 17.3 Å². The molecule has 1 aromatic rings. The zero-order valence-electron chi connectivity index (χ0n) is 6.92. The van der Waals surface area contributed by atoms with Gasteiger partial charge in [-0.05, 0) is 5.18 Å². The second kappa shape index (κ2) is 3.96. The molecule has 0 atom stereocenters. The number of rotatable bonds is 3. The largest absolute Gasteiger partial charge is 0.297 e. The Morgan fingerprint density at radius 3 is 2.20 bits per heavy atom. The molecule has 0 radical (unpaired) electrons. The third-order valence-electron chi connectivity index (χ3n) is 1.52. The molecule has 0 N–H and O–H groups in total. The average Bonchev–Trinajstić information content (AvgIpc) is 2.17. The summed E-state index contributed by atoms with van der Waals surface area (Å²) in [6, 6.07) is 1.43. The Morgan fingerprint density at radius 1 is 1.20 bits per heavy atom. The van der Waals surface area contributed by atoms with E-state index in [2.05, 4.69) is 5.18 Å². The van der Waals surface area contributed by atoms with Gasteiger partial charge in [-0.15, -0.1) is 4.91 Å². The van der Waals surface area contributed by atoms with Gasteiger partial charge in [-0.25, -0.2) is 0 Å². The highest BCUT2D eigenvalue weighted by atomic mass is 35.5. The van der Waals surface area contributed by atoms with E-state index in [9.17, 15) is 25.1 Å². The molecule has 0 saturated heterocycles. The highest BCUT2D eigenvalue weighted by Crippen LogP contribution is 2.37. The van der Waals surface area contributed by atoms with Crippen molar-refractivity contribution in [1.82, 2.24) is 0 Å². The van der Waals surface area contributed by atoms with Crippen molar-refractivity contribution in [2.45, 2.75) is 0 Å². The van der Waals surface area contributed by atoms with Crippen LogP contribution < -0.4 is 0 Å². The Morgan fingerprint density at radius 2 is 1.80 bits per heavy atom. The first-order chi connectivity index (χ1) is 6.97. The number of nitro groups is 2. The van der Waals surface area contributed by atoms with Crippen molar-refractivity contribution >= 4 is 28.7 Å². The van der Waals surface area contributed by atoms with E-state index in [1.54, 1.807) is 0 Å². The molecule has 0 unspecified atom stereocenters. The van der Waals surface area contributed by atoms with Crippen LogP contribution in [0.4, 0.5) is 17.1 Å². The smallest absolute Gasteiger partial charge is 0.258 e. The molecule has 0 amide bonds. The lowest BCUT2D eigenvalue weighted by Crippen LogP contribution is -1.93. The molecule has 1 rings (SSSR count). The molecule has 0 aliphatic rings. The molecule has 0 aliphatic heterocycles. The van der Waals surface area contributed by atoms with Gasteiger partial charge in [0.25, 0.3) is 11.4 Å². The van der Waals surface area contributed by atoms with Crippen molar-refractivity contribution in [2.24, 2.45) is 5.18 Å². The summed E-state index contributed by atoms with van der Waals surface area (Å²) in [5.74, 6) is 0. The van der Waals surface area contributed by atoms with Crippen molar-refractivity contribution in [3.63, 3.8) is 0 Å². The lowest BCUT2D eigenvalue weighted by molar-refractivity contribution is -0.394. The molecule has 15 heavy (non-hydrogen) atoms. The summed E-state index contributed by atoms with van der Waals surface area (Å²) in [5, 5.41) is 22.6. The molecule has 0 heterocycles. The molecule has 1 aromatic carbocycles. The van der Waals surface area contributed by atoms with Crippen molar-refractivity contribution in [3.05, 3.63) is 42.3 Å². The predicted octanol–water partition coefficient (Wildman–Crippen LogP) is 2.55. The van der Waals surface area contributed by atoms with Crippen LogP contribution in [-0.2, 0) is 0 Å². The quantitative estimate of drug-likeness (QED) is 0.450. The van der Waals surface area contributed by atoms with Crippen molar-refractivity contribution in [1.29, 1.82) is 0 Å². The van der Waals surface area contributed by atoms with Gasteiger partial charge >= 0.3 is 0 Å². The predicted molar refractivity (Wildman–Crippen MR) is 50.2 cm³/mol. The number of hydrogen-bond acceptors (Lipinski definition) is 6. The van der Waals surface area contributed by atoms with Crippen LogP contribution in [0.1, 0.15) is 0 Å². The lowest BCUT2D eigenvalue weighted by atomic mass is 10.2. The first-order valence-electron chi connectivity index (χ1n) is 3.43. The molecule has 0 bridgehead atoms. The summed E-state index contributed by atoms with van der Waals surface area (Å²) in [6.45, 7) is 0. The van der Waals surface area contributed by atoms with Gasteiger partial charge in [0.05, 0.1) is 15.9 Å². The molecule has 0 spiro atoms. The van der Waals surface area contributed by atoms with Crippen LogP contribution >= 0.6 is 11.6 Å². The summed E-state index contributed by atoms with van der Waals surface area (Å²) in [6.07, 6.45) is 0. The maximum atomic E-state index is 10.4.